The van der Waals surface area contributed by atoms with E-state index < -0.39 is 0 Å². The number of benzene rings is 1. The molecule has 1 aliphatic rings. The van der Waals surface area contributed by atoms with Crippen molar-refractivity contribution in [1.29, 1.82) is 0 Å². The summed E-state index contributed by atoms with van der Waals surface area (Å²) in [7, 11) is 3.36. The highest BCUT2D eigenvalue weighted by Crippen LogP contribution is 2.41. The summed E-state index contributed by atoms with van der Waals surface area (Å²) in [6, 6.07) is 4.08. The Bertz CT molecular complexity index is 376. The Morgan fingerprint density at radius 1 is 1.31 bits per heavy atom. The van der Waals surface area contributed by atoms with Crippen LogP contribution in [0.3, 0.4) is 0 Å². The van der Waals surface area contributed by atoms with E-state index in [-0.39, 0.29) is 0 Å². The largest absolute Gasteiger partial charge is 0.495 e. The summed E-state index contributed by atoms with van der Waals surface area (Å²) in [5, 5.41) is 3.37. The van der Waals surface area contributed by atoms with E-state index in [2.05, 4.69) is 27.3 Å². The second-order valence-electron chi connectivity index (χ2n) is 3.89. The Morgan fingerprint density at radius 2 is 2.12 bits per heavy atom. The van der Waals surface area contributed by atoms with Crippen LogP contribution in [-0.4, -0.2) is 27.3 Å². The average Bonchev–Trinajstić information content (AvgIpc) is 2.82. The molecule has 1 saturated heterocycles. The van der Waals surface area contributed by atoms with E-state index in [1.54, 1.807) is 14.2 Å². The summed E-state index contributed by atoms with van der Waals surface area (Å²) < 4.78 is 11.6. The fraction of sp³-hybridized carbons (Fsp3) is 0.500. The zero-order valence-electron chi connectivity index (χ0n) is 9.55. The molecule has 1 unspecified atom stereocenters. The summed E-state index contributed by atoms with van der Waals surface area (Å²) in [6.45, 7) is 2.10. The standard InChI is InChI=1S/C12H16BrNO2/c1-15-10-4-3-9(8-5-6-14-7-8)12(16-2)11(10)13/h3-4,8,14H,5-7H2,1-2H3. The maximum Gasteiger partial charge on any atom is 0.140 e. The van der Waals surface area contributed by atoms with Gasteiger partial charge in [-0.1, -0.05) is 6.07 Å². The molecule has 0 amide bonds. The molecule has 88 valence electrons. The van der Waals surface area contributed by atoms with Crippen LogP contribution in [0.2, 0.25) is 0 Å². The Morgan fingerprint density at radius 3 is 2.69 bits per heavy atom. The molecule has 3 nitrogen and oxygen atoms in total. The molecule has 1 aromatic rings. The minimum absolute atomic E-state index is 0.539. The van der Waals surface area contributed by atoms with Gasteiger partial charge in [0.2, 0.25) is 0 Å². The SMILES string of the molecule is COc1ccc(C2CCNC2)c(OC)c1Br. The number of hydrogen-bond donors (Lipinski definition) is 1. The van der Waals surface area contributed by atoms with Crippen LogP contribution in [0, 0.1) is 0 Å². The maximum absolute atomic E-state index is 5.48. The van der Waals surface area contributed by atoms with Crippen LogP contribution < -0.4 is 14.8 Å². The lowest BCUT2D eigenvalue weighted by molar-refractivity contribution is 0.384. The minimum Gasteiger partial charge on any atom is -0.495 e. The molecule has 1 aromatic carbocycles. The number of halogens is 1. The van der Waals surface area contributed by atoms with Gasteiger partial charge in [0, 0.05) is 12.5 Å². The van der Waals surface area contributed by atoms with Crippen LogP contribution in [0.1, 0.15) is 17.9 Å². The summed E-state index contributed by atoms with van der Waals surface area (Å²) >= 11 is 3.53. The molecule has 0 saturated carbocycles. The highest BCUT2D eigenvalue weighted by molar-refractivity contribution is 9.10. The van der Waals surface area contributed by atoms with Crippen molar-refractivity contribution >= 4 is 15.9 Å². The lowest BCUT2D eigenvalue weighted by Gasteiger charge is -2.17. The summed E-state index contributed by atoms with van der Waals surface area (Å²) in [5.41, 5.74) is 1.25. The van der Waals surface area contributed by atoms with E-state index in [0.717, 1.165) is 35.5 Å². The summed E-state index contributed by atoms with van der Waals surface area (Å²) in [4.78, 5) is 0. The average molecular weight is 286 g/mol. The van der Waals surface area contributed by atoms with E-state index in [0.29, 0.717) is 5.92 Å². The van der Waals surface area contributed by atoms with Crippen molar-refractivity contribution in [3.63, 3.8) is 0 Å². The molecule has 0 spiro atoms. The van der Waals surface area contributed by atoms with Gasteiger partial charge in [0.15, 0.2) is 0 Å². The quantitative estimate of drug-likeness (QED) is 0.926. The van der Waals surface area contributed by atoms with Gasteiger partial charge in [-0.25, -0.2) is 0 Å². The molecule has 0 aliphatic carbocycles. The van der Waals surface area contributed by atoms with Crippen molar-refractivity contribution in [2.24, 2.45) is 0 Å². The van der Waals surface area contributed by atoms with E-state index in [9.17, 15) is 0 Å². The monoisotopic (exact) mass is 285 g/mol. The third-order valence-electron chi connectivity index (χ3n) is 3.02. The zero-order chi connectivity index (χ0) is 11.5. The molecule has 0 bridgehead atoms. The molecule has 0 radical (unpaired) electrons. The number of rotatable bonds is 3. The molecule has 16 heavy (non-hydrogen) atoms. The van der Waals surface area contributed by atoms with Crippen LogP contribution in [-0.2, 0) is 0 Å². The van der Waals surface area contributed by atoms with Gasteiger partial charge in [0.25, 0.3) is 0 Å². The molecular weight excluding hydrogens is 270 g/mol. The lowest BCUT2D eigenvalue weighted by atomic mass is 9.97. The number of methoxy groups -OCH3 is 2. The smallest absolute Gasteiger partial charge is 0.140 e. The normalized spacial score (nSPS) is 19.8. The highest BCUT2D eigenvalue weighted by atomic mass is 79.9. The Kier molecular flexibility index (Phi) is 3.71. The fourth-order valence-electron chi connectivity index (χ4n) is 2.16. The number of nitrogens with one attached hydrogen (secondary N) is 1. The molecule has 1 atom stereocenters. The van der Waals surface area contributed by atoms with Crippen molar-refractivity contribution in [1.82, 2.24) is 5.32 Å². The first kappa shape index (κ1) is 11.7. The van der Waals surface area contributed by atoms with Gasteiger partial charge >= 0.3 is 0 Å². The molecule has 1 aliphatic heterocycles. The second-order valence-corrected chi connectivity index (χ2v) is 4.69. The van der Waals surface area contributed by atoms with Crippen molar-refractivity contribution in [3.05, 3.63) is 22.2 Å². The van der Waals surface area contributed by atoms with Gasteiger partial charge in [0.1, 0.15) is 16.0 Å². The molecular formula is C12H16BrNO2. The third-order valence-corrected chi connectivity index (χ3v) is 3.77. The Balaban J connectivity index is 2.40. The van der Waals surface area contributed by atoms with Crippen molar-refractivity contribution in [2.45, 2.75) is 12.3 Å². The van der Waals surface area contributed by atoms with E-state index in [1.165, 1.54) is 5.56 Å². The predicted octanol–water partition coefficient (Wildman–Crippen LogP) is 2.54. The van der Waals surface area contributed by atoms with E-state index in [4.69, 9.17) is 9.47 Å². The Labute approximate surface area is 104 Å². The Hall–Kier alpha value is -0.740. The van der Waals surface area contributed by atoms with Crippen LogP contribution in [0.5, 0.6) is 11.5 Å². The minimum atomic E-state index is 0.539. The first-order chi connectivity index (χ1) is 7.77. The third kappa shape index (κ3) is 2.04. The zero-order valence-corrected chi connectivity index (χ0v) is 11.1. The number of ether oxygens (including phenoxy) is 2. The number of hydrogen-bond acceptors (Lipinski definition) is 3. The van der Waals surface area contributed by atoms with Crippen LogP contribution in [0.4, 0.5) is 0 Å². The van der Waals surface area contributed by atoms with Gasteiger partial charge < -0.3 is 14.8 Å². The molecule has 1 fully saturated rings. The maximum atomic E-state index is 5.48. The molecule has 4 heteroatoms. The molecule has 0 aromatic heterocycles. The van der Waals surface area contributed by atoms with Gasteiger partial charge in [-0.3, -0.25) is 0 Å². The molecule has 1 heterocycles. The van der Waals surface area contributed by atoms with Crippen LogP contribution >= 0.6 is 15.9 Å². The van der Waals surface area contributed by atoms with Gasteiger partial charge in [0.05, 0.1) is 14.2 Å². The second kappa shape index (κ2) is 5.06. The van der Waals surface area contributed by atoms with Gasteiger partial charge in [-0.15, -0.1) is 0 Å². The molecule has 1 N–H and O–H groups in total. The van der Waals surface area contributed by atoms with Gasteiger partial charge in [-0.2, -0.15) is 0 Å². The van der Waals surface area contributed by atoms with Crippen LogP contribution in [0.25, 0.3) is 0 Å². The van der Waals surface area contributed by atoms with E-state index in [1.807, 2.05) is 6.07 Å². The highest BCUT2D eigenvalue weighted by Gasteiger charge is 2.22. The van der Waals surface area contributed by atoms with Crippen molar-refractivity contribution < 1.29 is 9.47 Å². The van der Waals surface area contributed by atoms with E-state index >= 15 is 0 Å². The van der Waals surface area contributed by atoms with Crippen LogP contribution in [0.15, 0.2) is 16.6 Å². The summed E-state index contributed by atoms with van der Waals surface area (Å²) in [6.07, 6.45) is 1.16. The summed E-state index contributed by atoms with van der Waals surface area (Å²) in [5.74, 6) is 2.25. The first-order valence-electron chi connectivity index (χ1n) is 5.39. The topological polar surface area (TPSA) is 30.5 Å². The van der Waals surface area contributed by atoms with Crippen molar-refractivity contribution in [3.8, 4) is 11.5 Å². The fourth-order valence-corrected chi connectivity index (χ4v) is 2.84. The molecule has 2 rings (SSSR count). The van der Waals surface area contributed by atoms with Gasteiger partial charge in [-0.05, 0) is 40.5 Å². The van der Waals surface area contributed by atoms with Crippen molar-refractivity contribution in [2.75, 3.05) is 27.3 Å². The first-order valence-corrected chi connectivity index (χ1v) is 6.18. The predicted molar refractivity (Wildman–Crippen MR) is 67.5 cm³/mol. The lowest BCUT2D eigenvalue weighted by Crippen LogP contribution is -2.09.